The van der Waals surface area contributed by atoms with E-state index in [2.05, 4.69) is 6.58 Å². The van der Waals surface area contributed by atoms with Gasteiger partial charge in [-0.15, -0.1) is 0 Å². The lowest BCUT2D eigenvalue weighted by atomic mass is 9.94. The number of rotatable bonds is 7. The zero-order valence-electron chi connectivity index (χ0n) is 19.3. The van der Waals surface area contributed by atoms with E-state index >= 15 is 0 Å². The topological polar surface area (TPSA) is 89.2 Å². The molecule has 0 unspecified atom stereocenters. The number of furan rings is 1. The number of ketones is 1. The summed E-state index contributed by atoms with van der Waals surface area (Å²) in [6.45, 7) is 6.03. The third-order valence-corrected chi connectivity index (χ3v) is 6.16. The molecule has 1 saturated heterocycles. The van der Waals surface area contributed by atoms with Gasteiger partial charge in [-0.3, -0.25) is 9.59 Å². The van der Waals surface area contributed by atoms with Crippen LogP contribution in [0.2, 0.25) is 0 Å². The van der Waals surface area contributed by atoms with Gasteiger partial charge in [-0.05, 0) is 60.5 Å². The second-order valence-electron chi connectivity index (χ2n) is 8.63. The van der Waals surface area contributed by atoms with Crippen molar-refractivity contribution in [1.82, 2.24) is 4.90 Å². The Bertz CT molecular complexity index is 1320. The van der Waals surface area contributed by atoms with Gasteiger partial charge >= 0.3 is 0 Å². The van der Waals surface area contributed by atoms with Crippen molar-refractivity contribution < 1.29 is 28.6 Å². The van der Waals surface area contributed by atoms with Crippen LogP contribution < -0.4 is 9.47 Å². The molecule has 1 amide bonds. The number of Topliss-reactive ketones (excluding diaryl/α,β-unsaturated/α-hetero) is 1. The minimum atomic E-state index is -0.823. The first-order valence-electron chi connectivity index (χ1n) is 11.4. The summed E-state index contributed by atoms with van der Waals surface area (Å²) < 4.78 is 16.9. The van der Waals surface area contributed by atoms with E-state index in [-0.39, 0.29) is 24.0 Å². The molecule has 0 radical (unpaired) electrons. The van der Waals surface area contributed by atoms with Crippen molar-refractivity contribution in [2.24, 2.45) is 0 Å². The number of ether oxygens (including phenoxy) is 2. The molecule has 1 aromatic heterocycles. The summed E-state index contributed by atoms with van der Waals surface area (Å²) in [7, 11) is 0. The summed E-state index contributed by atoms with van der Waals surface area (Å²) in [5.74, 6) is 0.172. The van der Waals surface area contributed by atoms with Gasteiger partial charge in [0.1, 0.15) is 35.7 Å². The molecule has 1 N–H and O–H groups in total. The molecule has 2 aliphatic heterocycles. The quantitative estimate of drug-likeness (QED) is 0.231. The molecule has 0 saturated carbocycles. The van der Waals surface area contributed by atoms with E-state index in [0.29, 0.717) is 35.7 Å². The predicted octanol–water partition coefficient (Wildman–Crippen LogP) is 4.79. The van der Waals surface area contributed by atoms with Crippen molar-refractivity contribution >= 4 is 17.4 Å². The highest BCUT2D eigenvalue weighted by atomic mass is 16.5. The lowest BCUT2D eigenvalue weighted by molar-refractivity contribution is -0.140. The molecule has 2 aromatic carbocycles. The monoisotopic (exact) mass is 471 g/mol. The molecule has 3 heterocycles. The first-order chi connectivity index (χ1) is 17.0. The van der Waals surface area contributed by atoms with E-state index in [0.717, 1.165) is 11.3 Å². The van der Waals surface area contributed by atoms with Gasteiger partial charge in [-0.25, -0.2) is 0 Å². The summed E-state index contributed by atoms with van der Waals surface area (Å²) >= 11 is 0. The number of hydrogen-bond donors (Lipinski definition) is 1. The molecule has 0 bridgehead atoms. The summed E-state index contributed by atoms with van der Waals surface area (Å²) in [6, 6.07) is 15.1. The minimum Gasteiger partial charge on any atom is -0.507 e. The SMILES string of the molecule is C=CCOc1cccc([C@@H]2C(=C(O)c3ccc4c(c3)C[C@@H](C)O4)C(=O)C(=O)N2Cc2ccco2)c1. The average Bonchev–Trinajstić information content (AvgIpc) is 3.56. The summed E-state index contributed by atoms with van der Waals surface area (Å²) in [4.78, 5) is 27.9. The number of hydrogen-bond acceptors (Lipinski definition) is 6. The largest absolute Gasteiger partial charge is 0.507 e. The molecule has 178 valence electrons. The van der Waals surface area contributed by atoms with E-state index in [4.69, 9.17) is 13.9 Å². The number of aliphatic hydroxyl groups excluding tert-OH is 1. The zero-order chi connectivity index (χ0) is 24.5. The Balaban J connectivity index is 1.62. The smallest absolute Gasteiger partial charge is 0.296 e. The molecule has 3 aromatic rings. The van der Waals surface area contributed by atoms with Gasteiger partial charge in [-0.1, -0.05) is 24.8 Å². The van der Waals surface area contributed by atoms with E-state index in [1.54, 1.807) is 54.6 Å². The molecule has 0 spiro atoms. The number of fused-ring (bicyclic) bond motifs is 1. The van der Waals surface area contributed by atoms with Crippen LogP contribution in [0.25, 0.3) is 5.76 Å². The van der Waals surface area contributed by atoms with Gasteiger partial charge in [0.05, 0.1) is 24.4 Å². The Morgan fingerprint density at radius 1 is 1.20 bits per heavy atom. The molecule has 7 nitrogen and oxygen atoms in total. The van der Waals surface area contributed by atoms with Gasteiger partial charge in [0.25, 0.3) is 11.7 Å². The van der Waals surface area contributed by atoms with Gasteiger partial charge in [-0.2, -0.15) is 0 Å². The first-order valence-corrected chi connectivity index (χ1v) is 11.4. The highest BCUT2D eigenvalue weighted by Gasteiger charge is 2.46. The van der Waals surface area contributed by atoms with Crippen LogP contribution in [0.3, 0.4) is 0 Å². The Morgan fingerprint density at radius 3 is 2.83 bits per heavy atom. The van der Waals surface area contributed by atoms with Crippen molar-refractivity contribution in [2.75, 3.05) is 6.61 Å². The molecular formula is C28H25NO6. The maximum absolute atomic E-state index is 13.3. The number of nitrogens with zero attached hydrogens (tertiary/aromatic N) is 1. The van der Waals surface area contributed by atoms with Gasteiger partial charge in [0, 0.05) is 12.0 Å². The molecule has 0 aliphatic carbocycles. The molecule has 1 fully saturated rings. The van der Waals surface area contributed by atoms with Crippen LogP contribution in [0.15, 0.2) is 83.5 Å². The maximum Gasteiger partial charge on any atom is 0.296 e. The van der Waals surface area contributed by atoms with Crippen molar-refractivity contribution in [3.05, 3.63) is 102 Å². The molecule has 7 heteroatoms. The molecule has 2 atom stereocenters. The van der Waals surface area contributed by atoms with Crippen LogP contribution in [0, 0.1) is 0 Å². The molecule has 2 aliphatic rings. The highest BCUT2D eigenvalue weighted by Crippen LogP contribution is 2.42. The van der Waals surface area contributed by atoms with Crippen molar-refractivity contribution in [1.29, 1.82) is 0 Å². The third-order valence-electron chi connectivity index (χ3n) is 6.16. The first kappa shape index (κ1) is 22.5. The number of amides is 1. The Hall–Kier alpha value is -4.26. The van der Waals surface area contributed by atoms with E-state index in [9.17, 15) is 14.7 Å². The fraction of sp³-hybridized carbons (Fsp3) is 0.214. The third kappa shape index (κ3) is 4.21. The Labute approximate surface area is 202 Å². The average molecular weight is 472 g/mol. The van der Waals surface area contributed by atoms with Crippen LogP contribution in [-0.2, 0) is 22.6 Å². The van der Waals surface area contributed by atoms with Crippen molar-refractivity contribution in [2.45, 2.75) is 32.0 Å². The second kappa shape index (κ2) is 9.18. The van der Waals surface area contributed by atoms with Crippen LogP contribution in [0.5, 0.6) is 11.5 Å². The number of benzene rings is 2. The number of carbonyl (C=O) groups excluding carboxylic acids is 2. The van der Waals surface area contributed by atoms with E-state index in [1.165, 1.54) is 11.2 Å². The summed E-state index contributed by atoms with van der Waals surface area (Å²) in [5, 5.41) is 11.4. The predicted molar refractivity (Wildman–Crippen MR) is 129 cm³/mol. The van der Waals surface area contributed by atoms with Gasteiger partial charge in [0.2, 0.25) is 0 Å². The van der Waals surface area contributed by atoms with Crippen LogP contribution in [0.4, 0.5) is 0 Å². The Morgan fingerprint density at radius 2 is 2.06 bits per heavy atom. The summed E-state index contributed by atoms with van der Waals surface area (Å²) in [6.07, 6.45) is 3.89. The number of carbonyl (C=O) groups is 2. The Kier molecular flexibility index (Phi) is 5.91. The van der Waals surface area contributed by atoms with E-state index < -0.39 is 17.7 Å². The maximum atomic E-state index is 13.3. The van der Waals surface area contributed by atoms with Crippen LogP contribution >= 0.6 is 0 Å². The minimum absolute atomic E-state index is 0.0225. The normalized spacial score (nSPS) is 20.5. The van der Waals surface area contributed by atoms with E-state index in [1.807, 2.05) is 13.0 Å². The fourth-order valence-corrected chi connectivity index (χ4v) is 4.61. The standard InChI is InChI=1S/C28H25NO6/c1-3-11-33-21-7-4-6-18(15-21)25-24(27(31)28(32)29(25)16-22-8-5-12-34-22)26(30)19-9-10-23-20(14-19)13-17(2)35-23/h3-10,12,14-15,17,25,30H,1,11,13,16H2,2H3/t17-,25-/m1/s1. The lowest BCUT2D eigenvalue weighted by Crippen LogP contribution is -2.29. The lowest BCUT2D eigenvalue weighted by Gasteiger charge is -2.25. The van der Waals surface area contributed by atoms with Crippen molar-refractivity contribution in [3.63, 3.8) is 0 Å². The van der Waals surface area contributed by atoms with Gasteiger partial charge in [0.15, 0.2) is 0 Å². The molecule has 35 heavy (non-hydrogen) atoms. The molecular weight excluding hydrogens is 446 g/mol. The van der Waals surface area contributed by atoms with Gasteiger partial charge < -0.3 is 23.9 Å². The zero-order valence-corrected chi connectivity index (χ0v) is 19.3. The highest BCUT2D eigenvalue weighted by molar-refractivity contribution is 6.46. The number of aliphatic hydroxyl groups is 1. The molecule has 5 rings (SSSR count). The summed E-state index contributed by atoms with van der Waals surface area (Å²) in [5.41, 5.74) is 2.07. The van der Waals surface area contributed by atoms with Crippen molar-refractivity contribution in [3.8, 4) is 11.5 Å². The van der Waals surface area contributed by atoms with Crippen LogP contribution in [0.1, 0.15) is 35.4 Å². The number of likely N-dealkylation sites (tertiary alicyclic amines) is 1. The van der Waals surface area contributed by atoms with Crippen LogP contribution in [-0.4, -0.2) is 34.4 Å². The fourth-order valence-electron chi connectivity index (χ4n) is 4.61. The second-order valence-corrected chi connectivity index (χ2v) is 8.63.